The van der Waals surface area contributed by atoms with E-state index in [1.165, 1.54) is 13.8 Å². The molecule has 0 bridgehead atoms. The first-order valence-corrected chi connectivity index (χ1v) is 4.47. The van der Waals surface area contributed by atoms with Crippen LogP contribution in [0.25, 0.3) is 0 Å². The van der Waals surface area contributed by atoms with Crippen molar-refractivity contribution in [2.24, 2.45) is 0 Å². The number of rotatable bonds is 4. The van der Waals surface area contributed by atoms with Crippen LogP contribution in [0.2, 0.25) is 0 Å². The van der Waals surface area contributed by atoms with Crippen molar-refractivity contribution in [2.75, 3.05) is 13.2 Å². The van der Waals surface area contributed by atoms with E-state index in [4.69, 9.17) is 5.11 Å². The SMILES string of the molecule is CC(C)S(=O)(=O)OCCO. The van der Waals surface area contributed by atoms with E-state index in [-0.39, 0.29) is 13.2 Å². The Labute approximate surface area is 60.9 Å². The lowest BCUT2D eigenvalue weighted by molar-refractivity contribution is 0.204. The molecule has 0 spiro atoms. The number of hydrogen-bond acceptors (Lipinski definition) is 4. The monoisotopic (exact) mass is 168 g/mol. The molecule has 0 amide bonds. The highest BCUT2D eigenvalue weighted by Gasteiger charge is 2.15. The van der Waals surface area contributed by atoms with E-state index in [0.29, 0.717) is 0 Å². The maximum Gasteiger partial charge on any atom is 0.269 e. The molecule has 0 unspecified atom stereocenters. The van der Waals surface area contributed by atoms with Crippen LogP contribution in [0.15, 0.2) is 0 Å². The van der Waals surface area contributed by atoms with E-state index in [0.717, 1.165) is 0 Å². The maximum absolute atomic E-state index is 10.8. The van der Waals surface area contributed by atoms with Crippen molar-refractivity contribution >= 4 is 10.1 Å². The Morgan fingerprint density at radius 1 is 1.50 bits per heavy atom. The molecule has 0 aliphatic carbocycles. The van der Waals surface area contributed by atoms with Crippen molar-refractivity contribution in [3.8, 4) is 0 Å². The molecule has 0 radical (unpaired) electrons. The van der Waals surface area contributed by atoms with E-state index < -0.39 is 15.4 Å². The van der Waals surface area contributed by atoms with Crippen molar-refractivity contribution in [3.63, 3.8) is 0 Å². The van der Waals surface area contributed by atoms with E-state index in [2.05, 4.69) is 4.18 Å². The van der Waals surface area contributed by atoms with E-state index >= 15 is 0 Å². The zero-order chi connectivity index (χ0) is 8.20. The Morgan fingerprint density at radius 2 is 2.00 bits per heavy atom. The van der Waals surface area contributed by atoms with Crippen LogP contribution in [0.1, 0.15) is 13.8 Å². The summed E-state index contributed by atoms with van der Waals surface area (Å²) in [5, 5.41) is 7.68. The summed E-state index contributed by atoms with van der Waals surface area (Å²) < 4.78 is 25.9. The van der Waals surface area contributed by atoms with Crippen LogP contribution < -0.4 is 0 Å². The van der Waals surface area contributed by atoms with E-state index in [9.17, 15) is 8.42 Å². The van der Waals surface area contributed by atoms with Gasteiger partial charge >= 0.3 is 0 Å². The Balaban J connectivity index is 3.90. The topological polar surface area (TPSA) is 63.6 Å². The highest BCUT2D eigenvalue weighted by atomic mass is 32.2. The second kappa shape index (κ2) is 3.90. The average molecular weight is 168 g/mol. The first kappa shape index (κ1) is 9.87. The molecular weight excluding hydrogens is 156 g/mol. The molecule has 0 saturated carbocycles. The zero-order valence-corrected chi connectivity index (χ0v) is 6.89. The van der Waals surface area contributed by atoms with Crippen molar-refractivity contribution in [1.82, 2.24) is 0 Å². The predicted octanol–water partition coefficient (Wildman–Crippen LogP) is -0.266. The van der Waals surface area contributed by atoms with E-state index in [1.807, 2.05) is 0 Å². The van der Waals surface area contributed by atoms with Crippen molar-refractivity contribution in [1.29, 1.82) is 0 Å². The number of aliphatic hydroxyl groups excluding tert-OH is 1. The smallest absolute Gasteiger partial charge is 0.269 e. The van der Waals surface area contributed by atoms with Gasteiger partial charge in [-0.1, -0.05) is 0 Å². The lowest BCUT2D eigenvalue weighted by Gasteiger charge is -2.05. The van der Waals surface area contributed by atoms with Gasteiger partial charge in [-0.3, -0.25) is 4.18 Å². The molecule has 0 aliphatic rings. The molecule has 0 aromatic heterocycles. The minimum Gasteiger partial charge on any atom is -0.394 e. The molecule has 0 aromatic rings. The Hall–Kier alpha value is -0.130. The summed E-state index contributed by atoms with van der Waals surface area (Å²) in [6.07, 6.45) is 0. The summed E-state index contributed by atoms with van der Waals surface area (Å²) in [7, 11) is -3.42. The summed E-state index contributed by atoms with van der Waals surface area (Å²) in [6, 6.07) is 0. The standard InChI is InChI=1S/C5H12O4S/c1-5(2)10(7,8)9-4-3-6/h5-6H,3-4H2,1-2H3. The fraction of sp³-hybridized carbons (Fsp3) is 1.00. The van der Waals surface area contributed by atoms with Gasteiger partial charge in [-0.05, 0) is 13.8 Å². The van der Waals surface area contributed by atoms with Crippen LogP contribution in [0.5, 0.6) is 0 Å². The normalized spacial score (nSPS) is 12.4. The highest BCUT2D eigenvalue weighted by Crippen LogP contribution is 2.00. The van der Waals surface area contributed by atoms with Crippen LogP contribution in [0.4, 0.5) is 0 Å². The summed E-state index contributed by atoms with van der Waals surface area (Å²) in [4.78, 5) is 0. The van der Waals surface area contributed by atoms with Gasteiger partial charge in [-0.15, -0.1) is 0 Å². The molecular formula is C5H12O4S. The quantitative estimate of drug-likeness (QED) is 0.587. The highest BCUT2D eigenvalue weighted by molar-refractivity contribution is 7.87. The average Bonchev–Trinajstić information content (AvgIpc) is 1.84. The van der Waals surface area contributed by atoms with Gasteiger partial charge in [-0.25, -0.2) is 0 Å². The van der Waals surface area contributed by atoms with Gasteiger partial charge in [-0.2, -0.15) is 8.42 Å². The van der Waals surface area contributed by atoms with Crippen LogP contribution in [0.3, 0.4) is 0 Å². The third kappa shape index (κ3) is 3.14. The van der Waals surface area contributed by atoms with E-state index in [1.54, 1.807) is 0 Å². The van der Waals surface area contributed by atoms with Crippen LogP contribution in [-0.4, -0.2) is 32.0 Å². The minimum absolute atomic E-state index is 0.152. The zero-order valence-electron chi connectivity index (χ0n) is 6.07. The van der Waals surface area contributed by atoms with Crippen LogP contribution >= 0.6 is 0 Å². The molecule has 1 N–H and O–H groups in total. The van der Waals surface area contributed by atoms with Gasteiger partial charge in [0.1, 0.15) is 0 Å². The summed E-state index contributed by atoms with van der Waals surface area (Å²) in [5.41, 5.74) is 0. The molecule has 62 valence electrons. The third-order valence-corrected chi connectivity index (χ3v) is 2.57. The number of hydrogen-bond donors (Lipinski definition) is 1. The first-order chi connectivity index (χ1) is 4.50. The third-order valence-electron chi connectivity index (χ3n) is 0.916. The van der Waals surface area contributed by atoms with Gasteiger partial charge in [0.2, 0.25) is 0 Å². The summed E-state index contributed by atoms with van der Waals surface area (Å²) in [5.74, 6) is 0. The summed E-state index contributed by atoms with van der Waals surface area (Å²) in [6.45, 7) is 2.62. The number of aliphatic hydroxyl groups is 1. The van der Waals surface area contributed by atoms with Gasteiger partial charge in [0.25, 0.3) is 10.1 Å². The minimum atomic E-state index is -3.42. The molecule has 4 nitrogen and oxygen atoms in total. The van der Waals surface area contributed by atoms with Gasteiger partial charge in [0.15, 0.2) is 0 Å². The molecule has 0 heterocycles. The van der Waals surface area contributed by atoms with Crippen LogP contribution in [-0.2, 0) is 14.3 Å². The molecule has 5 heteroatoms. The lowest BCUT2D eigenvalue weighted by Crippen LogP contribution is -2.18. The second-order valence-corrected chi connectivity index (χ2v) is 4.25. The van der Waals surface area contributed by atoms with Crippen molar-refractivity contribution in [3.05, 3.63) is 0 Å². The summed E-state index contributed by atoms with van der Waals surface area (Å²) >= 11 is 0. The maximum atomic E-state index is 10.8. The van der Waals surface area contributed by atoms with Gasteiger partial charge in [0, 0.05) is 0 Å². The first-order valence-electron chi connectivity index (χ1n) is 3.00. The largest absolute Gasteiger partial charge is 0.394 e. The van der Waals surface area contributed by atoms with Crippen molar-refractivity contribution in [2.45, 2.75) is 19.1 Å². The molecule has 0 aliphatic heterocycles. The Bertz CT molecular complexity index is 170. The fourth-order valence-corrected chi connectivity index (χ4v) is 0.869. The van der Waals surface area contributed by atoms with Gasteiger partial charge < -0.3 is 5.11 Å². The predicted molar refractivity (Wildman–Crippen MR) is 37.1 cm³/mol. The Kier molecular flexibility index (Phi) is 3.85. The lowest BCUT2D eigenvalue weighted by atomic mass is 10.6. The second-order valence-electron chi connectivity index (χ2n) is 2.09. The molecule has 0 saturated heterocycles. The molecule has 0 aromatic carbocycles. The Morgan fingerprint density at radius 3 is 2.30 bits per heavy atom. The molecule has 10 heavy (non-hydrogen) atoms. The molecule has 0 atom stereocenters. The fourth-order valence-electron chi connectivity index (χ4n) is 0.290. The van der Waals surface area contributed by atoms with Crippen molar-refractivity contribution < 1.29 is 17.7 Å². The van der Waals surface area contributed by atoms with Gasteiger partial charge in [0.05, 0.1) is 18.5 Å². The van der Waals surface area contributed by atoms with Crippen LogP contribution in [0, 0.1) is 0 Å². The molecule has 0 rings (SSSR count). The molecule has 0 fully saturated rings.